The second-order valence-electron chi connectivity index (χ2n) is 6.11. The third-order valence-corrected chi connectivity index (χ3v) is 4.61. The Hall–Kier alpha value is -2.37. The van der Waals surface area contributed by atoms with Crippen LogP contribution in [0, 0.1) is 0 Å². The topological polar surface area (TPSA) is 52.7 Å². The van der Waals surface area contributed by atoms with Crippen LogP contribution >= 0.6 is 11.6 Å². The van der Waals surface area contributed by atoms with Gasteiger partial charge in [0.05, 0.1) is 10.7 Å². The number of anilines is 1. The normalized spacial score (nSPS) is 15.0. The summed E-state index contributed by atoms with van der Waals surface area (Å²) in [5.41, 5.74) is 1.50. The Labute approximate surface area is 152 Å². The van der Waals surface area contributed by atoms with Crippen LogP contribution in [-0.4, -0.2) is 54.8 Å². The molecular weight excluding hydrogens is 338 g/mol. The van der Waals surface area contributed by atoms with E-state index in [0.717, 1.165) is 13.1 Å². The van der Waals surface area contributed by atoms with Gasteiger partial charge in [0, 0.05) is 37.3 Å². The molecule has 1 heterocycles. The molecule has 1 saturated heterocycles. The average Bonchev–Trinajstić information content (AvgIpc) is 2.64. The van der Waals surface area contributed by atoms with Gasteiger partial charge in [-0.3, -0.25) is 9.59 Å². The Bertz CT molecular complexity index is 786. The molecule has 130 valence electrons. The second kappa shape index (κ2) is 7.68. The molecule has 5 nitrogen and oxygen atoms in total. The zero-order valence-electron chi connectivity index (χ0n) is 14.0. The molecule has 2 amide bonds. The molecule has 6 heteroatoms. The molecule has 2 aromatic carbocycles. The highest BCUT2D eigenvalue weighted by Crippen LogP contribution is 2.21. The summed E-state index contributed by atoms with van der Waals surface area (Å²) in [5.74, 6) is -0.332. The fraction of sp³-hybridized carbons (Fsp3) is 0.263. The van der Waals surface area contributed by atoms with E-state index in [1.165, 1.54) is 0 Å². The number of benzene rings is 2. The van der Waals surface area contributed by atoms with E-state index in [1.807, 2.05) is 11.9 Å². The molecular formula is C19H20ClN3O2. The van der Waals surface area contributed by atoms with Crippen molar-refractivity contribution in [1.29, 1.82) is 0 Å². The number of hydrogen-bond donors (Lipinski definition) is 1. The predicted octanol–water partition coefficient (Wildman–Crippen LogP) is 2.98. The van der Waals surface area contributed by atoms with Crippen LogP contribution < -0.4 is 5.32 Å². The highest BCUT2D eigenvalue weighted by molar-refractivity contribution is 6.33. The van der Waals surface area contributed by atoms with Crippen LogP contribution in [0.3, 0.4) is 0 Å². The number of hydrogen-bond acceptors (Lipinski definition) is 3. The maximum atomic E-state index is 12.6. The Morgan fingerprint density at radius 2 is 1.64 bits per heavy atom. The fourth-order valence-electron chi connectivity index (χ4n) is 2.74. The van der Waals surface area contributed by atoms with Gasteiger partial charge in [-0.05, 0) is 37.4 Å². The average molecular weight is 358 g/mol. The van der Waals surface area contributed by atoms with Crippen LogP contribution in [0.4, 0.5) is 5.69 Å². The number of carbonyl (C=O) groups excluding carboxylic acids is 2. The van der Waals surface area contributed by atoms with Crippen LogP contribution in [0.2, 0.25) is 5.02 Å². The molecule has 0 saturated carbocycles. The number of amides is 2. The van der Waals surface area contributed by atoms with Gasteiger partial charge in [-0.2, -0.15) is 0 Å². The number of nitrogens with zero attached hydrogens (tertiary/aromatic N) is 2. The third-order valence-electron chi connectivity index (χ3n) is 4.28. The molecule has 0 bridgehead atoms. The van der Waals surface area contributed by atoms with E-state index >= 15 is 0 Å². The smallest absolute Gasteiger partial charge is 0.255 e. The van der Waals surface area contributed by atoms with Crippen molar-refractivity contribution in [2.45, 2.75) is 0 Å². The number of likely N-dealkylation sites (N-methyl/N-ethyl adjacent to an activating group) is 1. The number of halogens is 1. The van der Waals surface area contributed by atoms with Gasteiger partial charge >= 0.3 is 0 Å². The van der Waals surface area contributed by atoms with E-state index < -0.39 is 0 Å². The summed E-state index contributed by atoms with van der Waals surface area (Å²) >= 11 is 6.07. The summed E-state index contributed by atoms with van der Waals surface area (Å²) in [5, 5.41) is 3.25. The summed E-state index contributed by atoms with van der Waals surface area (Å²) in [6, 6.07) is 13.8. The summed E-state index contributed by atoms with van der Waals surface area (Å²) in [7, 11) is 2.04. The van der Waals surface area contributed by atoms with E-state index in [2.05, 4.69) is 10.2 Å². The number of carbonyl (C=O) groups is 2. The molecule has 1 aliphatic heterocycles. The third kappa shape index (κ3) is 4.18. The van der Waals surface area contributed by atoms with Crippen LogP contribution in [0.1, 0.15) is 20.7 Å². The summed E-state index contributed by atoms with van der Waals surface area (Å²) in [4.78, 5) is 29.1. The molecule has 0 radical (unpaired) electrons. The number of nitrogens with one attached hydrogen (secondary N) is 1. The van der Waals surface area contributed by atoms with Crippen LogP contribution in [-0.2, 0) is 0 Å². The minimum atomic E-state index is -0.291. The molecule has 1 N–H and O–H groups in total. The number of piperazine rings is 1. The molecule has 0 aliphatic carbocycles. The molecule has 3 rings (SSSR count). The van der Waals surface area contributed by atoms with Crippen LogP contribution in [0.5, 0.6) is 0 Å². The van der Waals surface area contributed by atoms with Crippen molar-refractivity contribution in [3.8, 4) is 0 Å². The highest BCUT2D eigenvalue weighted by atomic mass is 35.5. The van der Waals surface area contributed by atoms with Crippen molar-refractivity contribution in [3.63, 3.8) is 0 Å². The first-order chi connectivity index (χ1) is 12.0. The zero-order chi connectivity index (χ0) is 17.8. The SMILES string of the molecule is CN1CCN(C(=O)c2cccc(C(=O)Nc3ccccc3Cl)c2)CC1. The van der Waals surface area contributed by atoms with Crippen molar-refractivity contribution in [3.05, 3.63) is 64.7 Å². The van der Waals surface area contributed by atoms with Crippen molar-refractivity contribution in [2.24, 2.45) is 0 Å². The lowest BCUT2D eigenvalue weighted by atomic mass is 10.1. The van der Waals surface area contributed by atoms with Gasteiger partial charge in [0.25, 0.3) is 11.8 Å². The number of rotatable bonds is 3. The predicted molar refractivity (Wildman–Crippen MR) is 99.2 cm³/mol. The Balaban J connectivity index is 1.73. The van der Waals surface area contributed by atoms with Gasteiger partial charge in [-0.1, -0.05) is 29.8 Å². The zero-order valence-corrected chi connectivity index (χ0v) is 14.8. The minimum absolute atomic E-state index is 0.0412. The minimum Gasteiger partial charge on any atom is -0.336 e. The van der Waals surface area contributed by atoms with Gasteiger partial charge < -0.3 is 15.1 Å². The highest BCUT2D eigenvalue weighted by Gasteiger charge is 2.21. The molecule has 25 heavy (non-hydrogen) atoms. The standard InChI is InChI=1S/C19H20ClN3O2/c1-22-9-11-23(12-10-22)19(25)15-6-4-5-14(13-15)18(24)21-17-8-3-2-7-16(17)20/h2-8,13H,9-12H2,1H3,(H,21,24). The van der Waals surface area contributed by atoms with Crippen molar-refractivity contribution < 1.29 is 9.59 Å². The summed E-state index contributed by atoms with van der Waals surface area (Å²) in [6.45, 7) is 3.12. The lowest BCUT2D eigenvalue weighted by Crippen LogP contribution is -2.47. The van der Waals surface area contributed by atoms with E-state index in [1.54, 1.807) is 48.5 Å². The van der Waals surface area contributed by atoms with Gasteiger partial charge in [-0.25, -0.2) is 0 Å². The fourth-order valence-corrected chi connectivity index (χ4v) is 2.93. The van der Waals surface area contributed by atoms with Crippen molar-refractivity contribution in [1.82, 2.24) is 9.80 Å². The largest absolute Gasteiger partial charge is 0.336 e. The summed E-state index contributed by atoms with van der Waals surface area (Å²) < 4.78 is 0. The van der Waals surface area contributed by atoms with Crippen LogP contribution in [0.25, 0.3) is 0 Å². The lowest BCUT2D eigenvalue weighted by Gasteiger charge is -2.32. The molecule has 0 unspecified atom stereocenters. The maximum Gasteiger partial charge on any atom is 0.255 e. The first kappa shape index (κ1) is 17.5. The van der Waals surface area contributed by atoms with E-state index in [-0.39, 0.29) is 11.8 Å². The first-order valence-corrected chi connectivity index (χ1v) is 8.56. The Morgan fingerprint density at radius 1 is 0.960 bits per heavy atom. The molecule has 2 aromatic rings. The quantitative estimate of drug-likeness (QED) is 0.918. The first-order valence-electron chi connectivity index (χ1n) is 8.18. The molecule has 1 fully saturated rings. The molecule has 0 spiro atoms. The summed E-state index contributed by atoms with van der Waals surface area (Å²) in [6.07, 6.45) is 0. The van der Waals surface area contributed by atoms with E-state index in [0.29, 0.717) is 34.9 Å². The van der Waals surface area contributed by atoms with Crippen LogP contribution in [0.15, 0.2) is 48.5 Å². The molecule has 0 aromatic heterocycles. The number of para-hydroxylation sites is 1. The van der Waals surface area contributed by atoms with Gasteiger partial charge in [0.1, 0.15) is 0 Å². The van der Waals surface area contributed by atoms with E-state index in [4.69, 9.17) is 11.6 Å². The Morgan fingerprint density at radius 3 is 2.36 bits per heavy atom. The van der Waals surface area contributed by atoms with Gasteiger partial charge in [-0.15, -0.1) is 0 Å². The monoisotopic (exact) mass is 357 g/mol. The molecule has 1 aliphatic rings. The van der Waals surface area contributed by atoms with Gasteiger partial charge in [0.15, 0.2) is 0 Å². The lowest BCUT2D eigenvalue weighted by molar-refractivity contribution is 0.0664. The van der Waals surface area contributed by atoms with Gasteiger partial charge in [0.2, 0.25) is 0 Å². The van der Waals surface area contributed by atoms with Crippen molar-refractivity contribution in [2.75, 3.05) is 38.5 Å². The van der Waals surface area contributed by atoms with E-state index in [9.17, 15) is 9.59 Å². The second-order valence-corrected chi connectivity index (χ2v) is 6.52. The maximum absolute atomic E-state index is 12.6. The Kier molecular flexibility index (Phi) is 5.36. The van der Waals surface area contributed by atoms with Crippen molar-refractivity contribution >= 4 is 29.1 Å². The molecule has 0 atom stereocenters.